The van der Waals surface area contributed by atoms with Crippen LogP contribution in [-0.4, -0.2) is 29.0 Å². The average Bonchev–Trinajstić information content (AvgIpc) is 2.60. The normalized spacial score (nSPS) is 25.3. The minimum Gasteiger partial charge on any atom is -0.282 e. The zero-order valence-corrected chi connectivity index (χ0v) is 9.76. The molecule has 0 aromatic carbocycles. The van der Waals surface area contributed by atoms with E-state index in [4.69, 9.17) is 0 Å². The molecule has 2 rings (SSSR count). The Morgan fingerprint density at radius 1 is 1.13 bits per heavy atom. The molecule has 1 saturated carbocycles. The summed E-state index contributed by atoms with van der Waals surface area (Å²) in [5, 5.41) is 0. The molecule has 2 fully saturated rings. The van der Waals surface area contributed by atoms with Crippen molar-refractivity contribution in [2.75, 3.05) is 12.3 Å². The maximum atomic E-state index is 11.8. The van der Waals surface area contributed by atoms with Gasteiger partial charge in [-0.15, -0.1) is 0 Å². The van der Waals surface area contributed by atoms with Crippen LogP contribution in [0.3, 0.4) is 0 Å². The van der Waals surface area contributed by atoms with E-state index in [1.54, 1.807) is 0 Å². The van der Waals surface area contributed by atoms with Crippen LogP contribution in [0.5, 0.6) is 0 Å². The van der Waals surface area contributed by atoms with Gasteiger partial charge >= 0.3 is 0 Å². The van der Waals surface area contributed by atoms with E-state index >= 15 is 0 Å². The highest BCUT2D eigenvalue weighted by Gasteiger charge is 2.44. The van der Waals surface area contributed by atoms with Crippen molar-refractivity contribution in [2.45, 2.75) is 38.5 Å². The van der Waals surface area contributed by atoms with E-state index < -0.39 is 0 Å². The third-order valence-electron chi connectivity index (χ3n) is 3.64. The number of nitrogens with zero attached hydrogens (tertiary/aromatic N) is 1. The van der Waals surface area contributed by atoms with Crippen molar-refractivity contribution in [3.05, 3.63) is 0 Å². The molecule has 1 spiro atoms. The van der Waals surface area contributed by atoms with Gasteiger partial charge in [0.15, 0.2) is 0 Å². The number of amides is 2. The predicted octanol–water partition coefficient (Wildman–Crippen LogP) is 1.63. The SMILES string of the molecule is O=C1CC2(CCCC2)CC(=O)N1CCS. The van der Waals surface area contributed by atoms with Gasteiger partial charge in [-0.25, -0.2) is 0 Å². The first-order chi connectivity index (χ1) is 7.17. The van der Waals surface area contributed by atoms with Crippen LogP contribution in [0.2, 0.25) is 0 Å². The molecule has 0 radical (unpaired) electrons. The second-order valence-electron chi connectivity index (χ2n) is 4.72. The molecule has 0 unspecified atom stereocenters. The smallest absolute Gasteiger partial charge is 0.229 e. The number of rotatable bonds is 2. The average molecular weight is 227 g/mol. The highest BCUT2D eigenvalue weighted by atomic mass is 32.1. The minimum atomic E-state index is 0.0159. The fourth-order valence-electron chi connectivity index (χ4n) is 2.86. The highest BCUT2D eigenvalue weighted by molar-refractivity contribution is 7.80. The topological polar surface area (TPSA) is 37.4 Å². The molecule has 84 valence electrons. The molecule has 0 bridgehead atoms. The van der Waals surface area contributed by atoms with Gasteiger partial charge in [-0.3, -0.25) is 14.5 Å². The van der Waals surface area contributed by atoms with Gasteiger partial charge in [0.1, 0.15) is 0 Å². The van der Waals surface area contributed by atoms with Crippen molar-refractivity contribution in [3.63, 3.8) is 0 Å². The minimum absolute atomic E-state index is 0.0159. The van der Waals surface area contributed by atoms with Crippen LogP contribution in [0.4, 0.5) is 0 Å². The lowest BCUT2D eigenvalue weighted by atomic mass is 9.76. The summed E-state index contributed by atoms with van der Waals surface area (Å²) in [7, 11) is 0. The number of hydrogen-bond donors (Lipinski definition) is 1. The van der Waals surface area contributed by atoms with E-state index in [1.165, 1.54) is 17.7 Å². The quantitative estimate of drug-likeness (QED) is 0.575. The number of thiol groups is 1. The summed E-state index contributed by atoms with van der Waals surface area (Å²) >= 11 is 4.07. The Labute approximate surface area is 95.6 Å². The van der Waals surface area contributed by atoms with E-state index in [1.807, 2.05) is 0 Å². The van der Waals surface area contributed by atoms with E-state index in [2.05, 4.69) is 12.6 Å². The second-order valence-corrected chi connectivity index (χ2v) is 5.17. The van der Waals surface area contributed by atoms with Crippen LogP contribution in [0, 0.1) is 5.41 Å². The summed E-state index contributed by atoms with van der Waals surface area (Å²) in [5.74, 6) is 0.592. The molecule has 1 aliphatic heterocycles. The van der Waals surface area contributed by atoms with E-state index in [9.17, 15) is 9.59 Å². The largest absolute Gasteiger partial charge is 0.282 e. The van der Waals surface area contributed by atoms with Crippen LogP contribution in [-0.2, 0) is 9.59 Å². The fourth-order valence-corrected chi connectivity index (χ4v) is 3.06. The first kappa shape index (κ1) is 11.0. The number of piperidine rings is 1. The Bertz CT molecular complexity index is 264. The molecule has 0 aromatic heterocycles. The van der Waals surface area contributed by atoms with E-state index in [0.29, 0.717) is 25.1 Å². The van der Waals surface area contributed by atoms with Crippen LogP contribution in [0.1, 0.15) is 38.5 Å². The van der Waals surface area contributed by atoms with Gasteiger partial charge in [-0.2, -0.15) is 12.6 Å². The number of likely N-dealkylation sites (tertiary alicyclic amines) is 1. The molecule has 2 amide bonds. The standard InChI is InChI=1S/C11H17NO2S/c13-9-7-11(3-1-2-4-11)8-10(14)12(9)5-6-15/h15H,1-8H2. The van der Waals surface area contributed by atoms with Crippen molar-refractivity contribution in [1.82, 2.24) is 4.90 Å². The summed E-state index contributed by atoms with van der Waals surface area (Å²) in [6.07, 6.45) is 5.61. The Hall–Kier alpha value is -0.510. The zero-order valence-electron chi connectivity index (χ0n) is 8.87. The molecule has 1 saturated heterocycles. The summed E-state index contributed by atoms with van der Waals surface area (Å²) < 4.78 is 0. The maximum Gasteiger partial charge on any atom is 0.229 e. The summed E-state index contributed by atoms with van der Waals surface area (Å²) in [5.41, 5.74) is 0.0290. The van der Waals surface area contributed by atoms with Crippen molar-refractivity contribution < 1.29 is 9.59 Å². The molecule has 1 aliphatic carbocycles. The van der Waals surface area contributed by atoms with Gasteiger partial charge in [0.2, 0.25) is 11.8 Å². The van der Waals surface area contributed by atoms with Gasteiger partial charge in [0, 0.05) is 25.1 Å². The van der Waals surface area contributed by atoms with Gasteiger partial charge < -0.3 is 0 Å². The maximum absolute atomic E-state index is 11.8. The molecular weight excluding hydrogens is 210 g/mol. The highest BCUT2D eigenvalue weighted by Crippen LogP contribution is 2.46. The molecule has 4 heteroatoms. The summed E-state index contributed by atoms with van der Waals surface area (Å²) in [4.78, 5) is 25.0. The lowest BCUT2D eigenvalue weighted by Crippen LogP contribution is -2.47. The summed E-state index contributed by atoms with van der Waals surface area (Å²) in [6.45, 7) is 0.469. The first-order valence-corrected chi connectivity index (χ1v) is 6.24. The predicted molar refractivity (Wildman–Crippen MR) is 60.7 cm³/mol. The molecule has 0 aromatic rings. The van der Waals surface area contributed by atoms with Crippen LogP contribution in [0.15, 0.2) is 0 Å². The Morgan fingerprint density at radius 2 is 1.67 bits per heavy atom. The van der Waals surface area contributed by atoms with Gasteiger partial charge in [-0.1, -0.05) is 12.8 Å². The van der Waals surface area contributed by atoms with Crippen LogP contribution < -0.4 is 0 Å². The molecule has 0 N–H and O–H groups in total. The number of carbonyl (C=O) groups excluding carboxylic acids is 2. The van der Waals surface area contributed by atoms with Gasteiger partial charge in [-0.05, 0) is 18.3 Å². The van der Waals surface area contributed by atoms with Crippen molar-refractivity contribution >= 4 is 24.4 Å². The molecule has 3 nitrogen and oxygen atoms in total. The van der Waals surface area contributed by atoms with Crippen molar-refractivity contribution in [3.8, 4) is 0 Å². The Kier molecular flexibility index (Phi) is 3.05. The number of imide groups is 1. The monoisotopic (exact) mass is 227 g/mol. The van der Waals surface area contributed by atoms with Crippen molar-refractivity contribution in [2.24, 2.45) is 5.41 Å². The number of carbonyl (C=O) groups is 2. The third-order valence-corrected chi connectivity index (χ3v) is 3.84. The number of hydrogen-bond acceptors (Lipinski definition) is 3. The van der Waals surface area contributed by atoms with E-state index in [0.717, 1.165) is 12.8 Å². The van der Waals surface area contributed by atoms with Crippen molar-refractivity contribution in [1.29, 1.82) is 0 Å². The molecule has 15 heavy (non-hydrogen) atoms. The van der Waals surface area contributed by atoms with Gasteiger partial charge in [0.05, 0.1) is 0 Å². The van der Waals surface area contributed by atoms with E-state index in [-0.39, 0.29) is 17.2 Å². The Balaban J connectivity index is 2.09. The third kappa shape index (κ3) is 2.05. The van der Waals surface area contributed by atoms with Crippen LogP contribution in [0.25, 0.3) is 0 Å². The lowest BCUT2D eigenvalue weighted by molar-refractivity contribution is -0.152. The summed E-state index contributed by atoms with van der Waals surface area (Å²) in [6, 6.07) is 0. The van der Waals surface area contributed by atoms with Gasteiger partial charge in [0.25, 0.3) is 0 Å². The molecule has 1 heterocycles. The Morgan fingerprint density at radius 3 is 2.13 bits per heavy atom. The van der Waals surface area contributed by atoms with Crippen LogP contribution >= 0.6 is 12.6 Å². The molecule has 0 atom stereocenters. The lowest BCUT2D eigenvalue weighted by Gasteiger charge is -2.37. The first-order valence-electron chi connectivity index (χ1n) is 5.61. The zero-order chi connectivity index (χ0) is 10.9. The molecule has 2 aliphatic rings. The second kappa shape index (κ2) is 4.16. The fraction of sp³-hybridized carbons (Fsp3) is 0.818. The molecular formula is C11H17NO2S.